The van der Waals surface area contributed by atoms with E-state index in [-0.39, 0.29) is 19.3 Å². The van der Waals surface area contributed by atoms with Crippen molar-refractivity contribution in [2.24, 2.45) is 17.4 Å². The Bertz CT molecular complexity index is 677. The number of ether oxygens (including phenoxy) is 2. The first kappa shape index (κ1) is 33.8. The lowest BCUT2D eigenvalue weighted by Gasteiger charge is -2.34. The number of hydrogen-bond acceptors (Lipinski definition) is 7. The Morgan fingerprint density at radius 2 is 1.42 bits per heavy atom. The molecular weight excluding hydrogens is 462 g/mol. The Morgan fingerprint density at radius 3 is 1.92 bits per heavy atom. The number of esters is 2. The molecule has 0 heterocycles. The molecule has 9 nitrogen and oxygen atoms in total. The zero-order valence-corrected chi connectivity index (χ0v) is 23.5. The number of unbranched alkanes of at least 4 members (excludes halogenated alkanes) is 6. The van der Waals surface area contributed by atoms with Crippen molar-refractivity contribution in [3.05, 3.63) is 0 Å². The molecule has 0 saturated carbocycles. The van der Waals surface area contributed by atoms with Crippen LogP contribution in [-0.2, 0) is 28.7 Å². The summed E-state index contributed by atoms with van der Waals surface area (Å²) in [6.07, 6.45) is 9.23. The fourth-order valence-electron chi connectivity index (χ4n) is 4.18. The van der Waals surface area contributed by atoms with Crippen LogP contribution in [0.2, 0.25) is 0 Å². The molecule has 0 aliphatic rings. The van der Waals surface area contributed by atoms with Gasteiger partial charge in [-0.1, -0.05) is 58.8 Å². The van der Waals surface area contributed by atoms with Gasteiger partial charge in [-0.2, -0.15) is 0 Å². The maximum absolute atomic E-state index is 13.8. The molecule has 0 aliphatic carbocycles. The van der Waals surface area contributed by atoms with Gasteiger partial charge in [0.15, 0.2) is 0 Å². The Balaban J connectivity index is 5.67. The number of amides is 2. The van der Waals surface area contributed by atoms with Crippen LogP contribution in [0, 0.1) is 5.92 Å². The molecule has 2 amide bonds. The van der Waals surface area contributed by atoms with E-state index in [1.165, 1.54) is 32.8 Å². The molecule has 0 fully saturated rings. The fraction of sp³-hybridized carbons (Fsp3) is 0.852. The highest BCUT2D eigenvalue weighted by atomic mass is 16.6. The van der Waals surface area contributed by atoms with Gasteiger partial charge in [-0.05, 0) is 46.5 Å². The van der Waals surface area contributed by atoms with E-state index in [0.29, 0.717) is 19.4 Å². The van der Waals surface area contributed by atoms with Gasteiger partial charge >= 0.3 is 11.9 Å². The van der Waals surface area contributed by atoms with Gasteiger partial charge in [-0.3, -0.25) is 19.2 Å². The molecular formula is C27H51N3O6. The molecule has 0 aromatic carbocycles. The maximum Gasteiger partial charge on any atom is 0.322 e. The quantitative estimate of drug-likeness (QED) is 0.152. The largest absolute Gasteiger partial charge is 0.468 e. The number of rotatable bonds is 19. The van der Waals surface area contributed by atoms with E-state index in [4.69, 9.17) is 16.2 Å². The summed E-state index contributed by atoms with van der Waals surface area (Å²) in [5.74, 6) is -3.33. The molecule has 3 atom stereocenters. The van der Waals surface area contributed by atoms with Gasteiger partial charge < -0.3 is 25.8 Å². The number of primary amides is 1. The predicted molar refractivity (Wildman–Crippen MR) is 141 cm³/mol. The second-order valence-electron chi connectivity index (χ2n) is 10.6. The number of nitrogens with zero attached hydrogens (tertiary/aromatic N) is 1. The Labute approximate surface area is 218 Å². The molecule has 0 spiro atoms. The van der Waals surface area contributed by atoms with E-state index in [9.17, 15) is 19.2 Å². The van der Waals surface area contributed by atoms with E-state index >= 15 is 0 Å². The average molecular weight is 514 g/mol. The van der Waals surface area contributed by atoms with E-state index in [0.717, 1.165) is 19.3 Å². The third-order valence-corrected chi connectivity index (χ3v) is 6.03. The van der Waals surface area contributed by atoms with E-state index in [2.05, 4.69) is 11.7 Å². The number of carbonyl (C=O) groups excluding carboxylic acids is 4. The van der Waals surface area contributed by atoms with Crippen LogP contribution in [0.25, 0.3) is 0 Å². The minimum absolute atomic E-state index is 0.0320. The summed E-state index contributed by atoms with van der Waals surface area (Å²) >= 11 is 0. The summed E-state index contributed by atoms with van der Waals surface area (Å²) in [5.41, 5.74) is 10.6. The predicted octanol–water partition coefficient (Wildman–Crippen LogP) is 3.85. The standard InChI is InChI=1S/C27H51N3O6/c1-7-9-10-11-12-13-14-15-20(19-23(29)31)30(18-8-2)24(32)21(25(33)36-27(3,4)5)16-17-22(28)26(34)35-6/h20-22H,7-19,28H2,1-6H3,(H2,29,31)/t20-,21-,22?/m0/s1. The molecule has 0 aromatic rings. The Kier molecular flexibility index (Phi) is 17.1. The van der Waals surface area contributed by atoms with Crippen molar-refractivity contribution in [1.82, 2.24) is 4.90 Å². The maximum atomic E-state index is 13.8. The summed E-state index contributed by atoms with van der Waals surface area (Å²) in [7, 11) is 1.24. The summed E-state index contributed by atoms with van der Waals surface area (Å²) in [6.45, 7) is 9.69. The Hall–Kier alpha value is -2.16. The summed E-state index contributed by atoms with van der Waals surface area (Å²) in [5, 5.41) is 0. The van der Waals surface area contributed by atoms with Crippen LogP contribution in [0.15, 0.2) is 0 Å². The molecule has 4 N–H and O–H groups in total. The second kappa shape index (κ2) is 18.1. The summed E-state index contributed by atoms with van der Waals surface area (Å²) in [6, 6.07) is -1.36. The van der Waals surface area contributed by atoms with Crippen molar-refractivity contribution in [2.75, 3.05) is 13.7 Å². The van der Waals surface area contributed by atoms with Crippen LogP contribution in [0.3, 0.4) is 0 Å². The zero-order valence-electron chi connectivity index (χ0n) is 23.5. The number of nitrogens with two attached hydrogens (primary N) is 2. The summed E-state index contributed by atoms with van der Waals surface area (Å²) in [4.78, 5) is 52.1. The van der Waals surface area contributed by atoms with Gasteiger partial charge in [0.05, 0.1) is 7.11 Å². The van der Waals surface area contributed by atoms with Crippen LogP contribution in [0.5, 0.6) is 0 Å². The lowest BCUT2D eigenvalue weighted by molar-refractivity contribution is -0.166. The molecule has 0 aliphatic heterocycles. The Morgan fingerprint density at radius 1 is 0.833 bits per heavy atom. The van der Waals surface area contributed by atoms with Gasteiger partial charge in [0.1, 0.15) is 17.6 Å². The monoisotopic (exact) mass is 513 g/mol. The number of methoxy groups -OCH3 is 1. The van der Waals surface area contributed by atoms with Gasteiger partial charge in [-0.15, -0.1) is 0 Å². The fourth-order valence-corrected chi connectivity index (χ4v) is 4.18. The van der Waals surface area contributed by atoms with Gasteiger partial charge in [0, 0.05) is 19.0 Å². The van der Waals surface area contributed by atoms with Crippen molar-refractivity contribution < 1.29 is 28.7 Å². The first-order chi connectivity index (χ1) is 16.9. The molecule has 210 valence electrons. The molecule has 0 aromatic heterocycles. The highest BCUT2D eigenvalue weighted by molar-refractivity contribution is 5.98. The van der Waals surface area contributed by atoms with E-state index in [1.54, 1.807) is 25.7 Å². The van der Waals surface area contributed by atoms with Crippen LogP contribution < -0.4 is 11.5 Å². The van der Waals surface area contributed by atoms with Crippen molar-refractivity contribution in [3.8, 4) is 0 Å². The zero-order chi connectivity index (χ0) is 27.7. The minimum atomic E-state index is -1.14. The van der Waals surface area contributed by atoms with Crippen LogP contribution >= 0.6 is 0 Å². The highest BCUT2D eigenvalue weighted by Crippen LogP contribution is 2.23. The van der Waals surface area contributed by atoms with Crippen molar-refractivity contribution in [1.29, 1.82) is 0 Å². The number of carbonyl (C=O) groups is 4. The first-order valence-corrected chi connectivity index (χ1v) is 13.5. The van der Waals surface area contributed by atoms with Crippen molar-refractivity contribution in [3.63, 3.8) is 0 Å². The molecule has 0 radical (unpaired) electrons. The number of hydrogen-bond donors (Lipinski definition) is 2. The lowest BCUT2D eigenvalue weighted by atomic mass is 9.95. The van der Waals surface area contributed by atoms with Crippen molar-refractivity contribution >= 4 is 23.8 Å². The van der Waals surface area contributed by atoms with E-state index in [1.807, 2.05) is 6.92 Å². The second-order valence-corrected chi connectivity index (χ2v) is 10.6. The third-order valence-electron chi connectivity index (χ3n) is 6.03. The average Bonchev–Trinajstić information content (AvgIpc) is 2.79. The molecule has 36 heavy (non-hydrogen) atoms. The molecule has 1 unspecified atom stereocenters. The van der Waals surface area contributed by atoms with Crippen molar-refractivity contribution in [2.45, 2.75) is 129 Å². The van der Waals surface area contributed by atoms with Gasteiger partial charge in [0.2, 0.25) is 11.8 Å². The highest BCUT2D eigenvalue weighted by Gasteiger charge is 2.37. The van der Waals surface area contributed by atoms with Gasteiger partial charge in [-0.25, -0.2) is 0 Å². The van der Waals surface area contributed by atoms with Crippen LogP contribution in [0.4, 0.5) is 0 Å². The first-order valence-electron chi connectivity index (χ1n) is 13.5. The molecule has 0 saturated heterocycles. The normalized spacial score (nSPS) is 14.0. The molecule has 0 rings (SSSR count). The SMILES string of the molecule is CCCCCCCCC[C@@H](CC(N)=O)N(CCC)C(=O)[C@H](CCC(N)C(=O)OC)C(=O)OC(C)(C)C. The van der Waals surface area contributed by atoms with E-state index < -0.39 is 47.4 Å². The van der Waals surface area contributed by atoms with Gasteiger partial charge in [0.25, 0.3) is 0 Å². The summed E-state index contributed by atoms with van der Waals surface area (Å²) < 4.78 is 10.2. The minimum Gasteiger partial charge on any atom is -0.468 e. The molecule has 9 heteroatoms. The lowest BCUT2D eigenvalue weighted by Crippen LogP contribution is -2.48. The van der Waals surface area contributed by atoms with Crippen LogP contribution in [-0.4, -0.2) is 60.0 Å². The molecule has 0 bridgehead atoms. The van der Waals surface area contributed by atoms with Crippen LogP contribution in [0.1, 0.15) is 112 Å². The third kappa shape index (κ3) is 14.4. The topological polar surface area (TPSA) is 142 Å². The smallest absolute Gasteiger partial charge is 0.322 e.